The Hall–Kier alpha value is -1.05. The standard InChI is InChI=1S/C7H10FN.C2H6/c1-3-5-7(9)6(8)4-2;1-2/h3-5H,2,9H2,1H3;1-2H3/b5-3-,7-6-;. The Balaban J connectivity index is 0. The number of hydrogen-bond acceptors (Lipinski definition) is 1. The van der Waals surface area contributed by atoms with E-state index in [9.17, 15) is 4.39 Å². The summed E-state index contributed by atoms with van der Waals surface area (Å²) in [5, 5.41) is 0. The Labute approximate surface area is 68.1 Å². The molecule has 0 aliphatic heterocycles. The van der Waals surface area contributed by atoms with Crippen molar-refractivity contribution in [2.75, 3.05) is 0 Å². The minimum Gasteiger partial charge on any atom is -0.396 e. The lowest BCUT2D eigenvalue weighted by Gasteiger charge is -1.89. The molecule has 0 rings (SSSR count). The predicted molar refractivity (Wildman–Crippen MR) is 48.7 cm³/mol. The molecule has 0 unspecified atom stereocenters. The van der Waals surface area contributed by atoms with E-state index in [1.165, 1.54) is 6.08 Å². The summed E-state index contributed by atoms with van der Waals surface area (Å²) in [6, 6.07) is 0. The lowest BCUT2D eigenvalue weighted by atomic mass is 10.3. The highest BCUT2D eigenvalue weighted by atomic mass is 19.1. The molecule has 0 saturated heterocycles. The number of hydrogen-bond donors (Lipinski definition) is 1. The zero-order valence-electron chi connectivity index (χ0n) is 7.39. The van der Waals surface area contributed by atoms with E-state index >= 15 is 0 Å². The van der Waals surface area contributed by atoms with Gasteiger partial charge in [-0.15, -0.1) is 0 Å². The SMILES string of the molecule is C=C/C(F)=C(N)\C=C/C.CC. The van der Waals surface area contributed by atoms with Crippen LogP contribution in [0.4, 0.5) is 4.39 Å². The van der Waals surface area contributed by atoms with Gasteiger partial charge in [0.25, 0.3) is 0 Å². The lowest BCUT2D eigenvalue weighted by Crippen LogP contribution is -1.94. The van der Waals surface area contributed by atoms with Crippen LogP contribution < -0.4 is 5.73 Å². The van der Waals surface area contributed by atoms with Gasteiger partial charge in [0.1, 0.15) is 5.83 Å². The highest BCUT2D eigenvalue weighted by Crippen LogP contribution is 2.01. The van der Waals surface area contributed by atoms with E-state index in [1.807, 2.05) is 13.8 Å². The fraction of sp³-hybridized carbons (Fsp3) is 0.333. The van der Waals surface area contributed by atoms with Crippen molar-refractivity contribution in [1.29, 1.82) is 0 Å². The highest BCUT2D eigenvalue weighted by Gasteiger charge is 1.89. The molecule has 2 N–H and O–H groups in total. The maximum Gasteiger partial charge on any atom is 0.145 e. The van der Waals surface area contributed by atoms with Crippen LogP contribution in [0.1, 0.15) is 20.8 Å². The molecule has 0 aromatic heterocycles. The molecule has 0 radical (unpaired) electrons. The first-order valence-corrected chi connectivity index (χ1v) is 3.62. The van der Waals surface area contributed by atoms with Crippen molar-refractivity contribution in [3.63, 3.8) is 0 Å². The molecule has 0 atom stereocenters. The maximum atomic E-state index is 12.3. The van der Waals surface area contributed by atoms with Gasteiger partial charge in [0.05, 0.1) is 5.70 Å². The molecule has 0 spiro atoms. The van der Waals surface area contributed by atoms with Crippen LogP contribution in [0.5, 0.6) is 0 Å². The Bertz CT molecular complexity index is 157. The van der Waals surface area contributed by atoms with Crippen LogP contribution in [0.2, 0.25) is 0 Å². The van der Waals surface area contributed by atoms with Gasteiger partial charge in [0.15, 0.2) is 0 Å². The Morgan fingerprint density at radius 3 is 2.18 bits per heavy atom. The normalized spacial score (nSPS) is 11.6. The summed E-state index contributed by atoms with van der Waals surface area (Å²) in [4.78, 5) is 0. The van der Waals surface area contributed by atoms with Crippen molar-refractivity contribution in [2.45, 2.75) is 20.8 Å². The number of rotatable bonds is 2. The van der Waals surface area contributed by atoms with Crippen molar-refractivity contribution in [3.05, 3.63) is 36.3 Å². The van der Waals surface area contributed by atoms with E-state index in [0.29, 0.717) is 0 Å². The number of allylic oxidation sites excluding steroid dienone is 4. The Kier molecular flexibility index (Phi) is 10.3. The lowest BCUT2D eigenvalue weighted by molar-refractivity contribution is 0.657. The third-order valence-corrected chi connectivity index (χ3v) is 0.801. The van der Waals surface area contributed by atoms with Gasteiger partial charge < -0.3 is 5.73 Å². The zero-order valence-corrected chi connectivity index (χ0v) is 7.39. The average Bonchev–Trinajstić information content (AvgIpc) is 2.07. The van der Waals surface area contributed by atoms with Crippen molar-refractivity contribution in [1.82, 2.24) is 0 Å². The smallest absolute Gasteiger partial charge is 0.145 e. The van der Waals surface area contributed by atoms with E-state index in [1.54, 1.807) is 13.0 Å². The van der Waals surface area contributed by atoms with Gasteiger partial charge in [0.2, 0.25) is 0 Å². The van der Waals surface area contributed by atoms with E-state index in [2.05, 4.69) is 6.58 Å². The summed E-state index contributed by atoms with van der Waals surface area (Å²) < 4.78 is 12.3. The summed E-state index contributed by atoms with van der Waals surface area (Å²) in [5.74, 6) is -0.479. The second-order valence-corrected chi connectivity index (χ2v) is 1.51. The molecule has 2 heteroatoms. The summed E-state index contributed by atoms with van der Waals surface area (Å²) in [6.07, 6.45) is 4.23. The molecule has 0 aromatic carbocycles. The summed E-state index contributed by atoms with van der Waals surface area (Å²) in [6.45, 7) is 8.98. The van der Waals surface area contributed by atoms with Crippen LogP contribution in [-0.4, -0.2) is 0 Å². The fourth-order valence-electron chi connectivity index (χ4n) is 0.377. The van der Waals surface area contributed by atoms with E-state index in [-0.39, 0.29) is 5.70 Å². The molecule has 0 aliphatic carbocycles. The van der Waals surface area contributed by atoms with Crippen LogP contribution in [0.3, 0.4) is 0 Å². The maximum absolute atomic E-state index is 12.3. The van der Waals surface area contributed by atoms with Crippen LogP contribution in [0.25, 0.3) is 0 Å². The van der Waals surface area contributed by atoms with E-state index in [0.717, 1.165) is 6.08 Å². The minimum absolute atomic E-state index is 0.118. The van der Waals surface area contributed by atoms with Gasteiger partial charge in [-0.3, -0.25) is 0 Å². The topological polar surface area (TPSA) is 26.0 Å². The fourth-order valence-corrected chi connectivity index (χ4v) is 0.377. The first-order valence-electron chi connectivity index (χ1n) is 3.62. The molecule has 0 fully saturated rings. The minimum atomic E-state index is -0.479. The van der Waals surface area contributed by atoms with Gasteiger partial charge in [-0.2, -0.15) is 0 Å². The molecule has 0 saturated carbocycles. The summed E-state index contributed by atoms with van der Waals surface area (Å²) in [5.41, 5.74) is 5.30. The molecular weight excluding hydrogens is 141 g/mol. The molecule has 0 bridgehead atoms. The molecule has 0 amide bonds. The van der Waals surface area contributed by atoms with Crippen molar-refractivity contribution in [2.24, 2.45) is 5.73 Å². The third kappa shape index (κ3) is 6.84. The van der Waals surface area contributed by atoms with Crippen molar-refractivity contribution in [3.8, 4) is 0 Å². The Morgan fingerprint density at radius 2 is 1.91 bits per heavy atom. The molecule has 1 nitrogen and oxygen atoms in total. The third-order valence-electron chi connectivity index (χ3n) is 0.801. The van der Waals surface area contributed by atoms with Gasteiger partial charge in [-0.25, -0.2) is 4.39 Å². The van der Waals surface area contributed by atoms with Gasteiger partial charge in [-0.1, -0.05) is 26.5 Å². The zero-order chi connectivity index (χ0) is 9.28. The average molecular weight is 157 g/mol. The molecule has 0 aromatic rings. The van der Waals surface area contributed by atoms with Crippen molar-refractivity contribution >= 4 is 0 Å². The van der Waals surface area contributed by atoms with Crippen LogP contribution in [-0.2, 0) is 0 Å². The molecule has 0 aliphatic rings. The first kappa shape index (κ1) is 12.6. The van der Waals surface area contributed by atoms with E-state index < -0.39 is 5.83 Å². The van der Waals surface area contributed by atoms with Gasteiger partial charge in [-0.05, 0) is 19.1 Å². The van der Waals surface area contributed by atoms with Crippen LogP contribution in [0.15, 0.2) is 36.3 Å². The van der Waals surface area contributed by atoms with Gasteiger partial charge >= 0.3 is 0 Å². The molecule has 11 heavy (non-hydrogen) atoms. The largest absolute Gasteiger partial charge is 0.396 e. The highest BCUT2D eigenvalue weighted by molar-refractivity contribution is 5.24. The van der Waals surface area contributed by atoms with Gasteiger partial charge in [0, 0.05) is 0 Å². The summed E-state index contributed by atoms with van der Waals surface area (Å²) in [7, 11) is 0. The second kappa shape index (κ2) is 8.95. The molecular formula is C9H16FN. The van der Waals surface area contributed by atoms with Crippen molar-refractivity contribution < 1.29 is 4.39 Å². The monoisotopic (exact) mass is 157 g/mol. The number of halogens is 1. The second-order valence-electron chi connectivity index (χ2n) is 1.51. The van der Waals surface area contributed by atoms with Crippen LogP contribution >= 0.6 is 0 Å². The Morgan fingerprint density at radius 1 is 1.45 bits per heavy atom. The van der Waals surface area contributed by atoms with E-state index in [4.69, 9.17) is 5.73 Å². The first-order chi connectivity index (χ1) is 5.22. The molecule has 64 valence electrons. The van der Waals surface area contributed by atoms with Crippen LogP contribution in [0, 0.1) is 0 Å². The quantitative estimate of drug-likeness (QED) is 0.613. The summed E-state index contributed by atoms with van der Waals surface area (Å²) >= 11 is 0. The number of nitrogens with two attached hydrogens (primary N) is 1. The predicted octanol–water partition coefficient (Wildman–Crippen LogP) is 2.91. The molecule has 0 heterocycles.